The van der Waals surface area contributed by atoms with Crippen LogP contribution in [-0.4, -0.2) is 34.3 Å². The monoisotopic (exact) mass is 352 g/mol. The Morgan fingerprint density at radius 3 is 2.84 bits per heavy atom. The molecule has 0 radical (unpaired) electrons. The topological polar surface area (TPSA) is 89.1 Å². The van der Waals surface area contributed by atoms with Gasteiger partial charge in [-0.3, -0.25) is 15.2 Å². The number of hydrogen-bond acceptors (Lipinski definition) is 6. The zero-order chi connectivity index (χ0) is 16.8. The molecule has 0 saturated heterocycles. The van der Waals surface area contributed by atoms with Crippen molar-refractivity contribution < 1.29 is 14.3 Å². The maximum atomic E-state index is 12.5. The van der Waals surface area contributed by atoms with Crippen molar-refractivity contribution >= 4 is 43.5 Å². The predicted octanol–water partition coefficient (Wildman–Crippen LogP) is 3.20. The van der Waals surface area contributed by atoms with Crippen molar-refractivity contribution in [2.75, 3.05) is 18.5 Å². The number of anilines is 1. The minimum Gasteiger partial charge on any atom is -0.486 e. The highest BCUT2D eigenvalue weighted by Gasteiger charge is 2.18. The molecule has 1 aliphatic heterocycles. The van der Waals surface area contributed by atoms with Crippen LogP contribution in [0.2, 0.25) is 0 Å². The zero-order valence-corrected chi connectivity index (χ0v) is 13.7. The zero-order valence-electron chi connectivity index (χ0n) is 12.9. The van der Waals surface area contributed by atoms with Gasteiger partial charge in [-0.05, 0) is 6.07 Å². The number of H-pyrrole nitrogens is 1. The number of carbonyl (C=O) groups excluding carboxylic acids is 1. The second-order valence-electron chi connectivity index (χ2n) is 5.55. The second kappa shape index (κ2) is 5.45. The largest absolute Gasteiger partial charge is 0.486 e. The van der Waals surface area contributed by atoms with Gasteiger partial charge in [0.05, 0.1) is 15.7 Å². The number of ether oxygens (including phenoxy) is 2. The van der Waals surface area contributed by atoms with Crippen molar-refractivity contribution in [3.8, 4) is 11.5 Å². The third-order valence-electron chi connectivity index (χ3n) is 3.96. The molecule has 0 fully saturated rings. The summed E-state index contributed by atoms with van der Waals surface area (Å²) in [5.41, 5.74) is 1.93. The van der Waals surface area contributed by atoms with E-state index in [2.05, 4.69) is 20.5 Å². The fourth-order valence-electron chi connectivity index (χ4n) is 2.81. The molecule has 4 aromatic rings. The Bertz CT molecular complexity index is 1070. The number of aromatic amines is 1. The molecule has 124 valence electrons. The molecule has 7 nitrogen and oxygen atoms in total. The Morgan fingerprint density at radius 1 is 1.16 bits per heavy atom. The van der Waals surface area contributed by atoms with Crippen molar-refractivity contribution in [3.05, 3.63) is 42.1 Å². The molecule has 5 rings (SSSR count). The minimum absolute atomic E-state index is 0.297. The molecule has 2 aromatic carbocycles. The first-order valence-corrected chi connectivity index (χ1v) is 8.54. The van der Waals surface area contributed by atoms with Gasteiger partial charge in [0.1, 0.15) is 13.2 Å². The van der Waals surface area contributed by atoms with Crippen LogP contribution < -0.4 is 14.8 Å². The number of fused-ring (bicyclic) bond motifs is 3. The molecule has 0 saturated carbocycles. The lowest BCUT2D eigenvalue weighted by Gasteiger charge is -2.17. The van der Waals surface area contributed by atoms with Crippen LogP contribution in [-0.2, 0) is 0 Å². The maximum Gasteiger partial charge on any atom is 0.278 e. The summed E-state index contributed by atoms with van der Waals surface area (Å²) in [7, 11) is 0. The molecule has 2 aromatic heterocycles. The van der Waals surface area contributed by atoms with Crippen molar-refractivity contribution in [2.45, 2.75) is 0 Å². The average Bonchev–Trinajstić information content (AvgIpc) is 3.22. The van der Waals surface area contributed by atoms with Gasteiger partial charge in [-0.25, -0.2) is 4.98 Å². The molecule has 8 heteroatoms. The Balaban J connectivity index is 1.48. The van der Waals surface area contributed by atoms with E-state index in [0.717, 1.165) is 21.1 Å². The maximum absolute atomic E-state index is 12.5. The van der Waals surface area contributed by atoms with Gasteiger partial charge in [0.25, 0.3) is 5.91 Å². The van der Waals surface area contributed by atoms with Gasteiger partial charge < -0.3 is 9.47 Å². The second-order valence-corrected chi connectivity index (χ2v) is 6.59. The smallest absolute Gasteiger partial charge is 0.278 e. The number of hydrogen-bond donors (Lipinski definition) is 2. The van der Waals surface area contributed by atoms with E-state index in [1.54, 1.807) is 0 Å². The molecule has 0 spiro atoms. The Kier molecular flexibility index (Phi) is 3.10. The van der Waals surface area contributed by atoms with Crippen molar-refractivity contribution in [1.82, 2.24) is 15.2 Å². The summed E-state index contributed by atoms with van der Waals surface area (Å²) in [6.45, 7) is 1.06. The van der Waals surface area contributed by atoms with E-state index in [1.807, 2.05) is 36.4 Å². The Hall–Kier alpha value is -3.13. The lowest BCUT2D eigenvalue weighted by molar-refractivity contribution is 0.102. The molecule has 0 atom stereocenters. The van der Waals surface area contributed by atoms with Gasteiger partial charge in [0.15, 0.2) is 22.3 Å². The van der Waals surface area contributed by atoms with Crippen molar-refractivity contribution in [1.29, 1.82) is 0 Å². The first kappa shape index (κ1) is 14.2. The fourth-order valence-corrected chi connectivity index (χ4v) is 3.68. The van der Waals surface area contributed by atoms with Crippen molar-refractivity contribution in [2.24, 2.45) is 0 Å². The van der Waals surface area contributed by atoms with Gasteiger partial charge in [-0.2, -0.15) is 5.10 Å². The molecule has 1 amide bonds. The number of nitrogens with zero attached hydrogens (tertiary/aromatic N) is 2. The highest BCUT2D eigenvalue weighted by atomic mass is 32.1. The van der Waals surface area contributed by atoms with Crippen LogP contribution in [0.5, 0.6) is 11.5 Å². The van der Waals surface area contributed by atoms with E-state index in [4.69, 9.17) is 9.47 Å². The molecule has 0 aliphatic carbocycles. The van der Waals surface area contributed by atoms with E-state index < -0.39 is 0 Å². The molecule has 3 heterocycles. The van der Waals surface area contributed by atoms with Crippen LogP contribution in [0.15, 0.2) is 36.4 Å². The summed E-state index contributed by atoms with van der Waals surface area (Å²) in [5.74, 6) is 1.09. The molecule has 0 bridgehead atoms. The van der Waals surface area contributed by atoms with Crippen LogP contribution in [0.3, 0.4) is 0 Å². The number of benzene rings is 2. The van der Waals surface area contributed by atoms with E-state index >= 15 is 0 Å². The standard InChI is InChI=1S/C17H12N4O3S/c22-16(15-9-3-1-2-4-10(9)20-21-15)19-17-18-11-7-12-13(8-14(11)25-17)24-6-5-23-12/h1-4,7-8H,5-6H2,(H,20,21)(H,18,19,22). The average molecular weight is 352 g/mol. The molecule has 2 N–H and O–H groups in total. The summed E-state index contributed by atoms with van der Waals surface area (Å²) in [4.78, 5) is 17.0. The van der Waals surface area contributed by atoms with Crippen LogP contribution in [0.4, 0.5) is 5.13 Å². The number of thiazole rings is 1. The summed E-state index contributed by atoms with van der Waals surface area (Å²) in [5, 5.41) is 11.1. The number of amides is 1. The third kappa shape index (κ3) is 2.38. The number of carbonyl (C=O) groups is 1. The first-order valence-electron chi connectivity index (χ1n) is 7.72. The number of para-hydroxylation sites is 1. The number of aromatic nitrogens is 3. The SMILES string of the molecule is O=C(Nc1nc2cc3c(cc2s1)OCCO3)c1n[nH]c2ccccc12. The third-order valence-corrected chi connectivity index (χ3v) is 4.89. The minimum atomic E-state index is -0.297. The lowest BCUT2D eigenvalue weighted by atomic mass is 10.2. The molecular weight excluding hydrogens is 340 g/mol. The molecule has 25 heavy (non-hydrogen) atoms. The highest BCUT2D eigenvalue weighted by molar-refractivity contribution is 7.22. The lowest BCUT2D eigenvalue weighted by Crippen LogP contribution is -2.15. The van der Waals surface area contributed by atoms with E-state index in [0.29, 0.717) is 35.5 Å². The number of nitrogens with one attached hydrogen (secondary N) is 2. The molecular formula is C17H12N4O3S. The van der Waals surface area contributed by atoms with E-state index in [1.165, 1.54) is 11.3 Å². The predicted molar refractivity (Wildman–Crippen MR) is 94.7 cm³/mol. The van der Waals surface area contributed by atoms with Gasteiger partial charge in [-0.1, -0.05) is 29.5 Å². The van der Waals surface area contributed by atoms with E-state index in [9.17, 15) is 4.79 Å². The van der Waals surface area contributed by atoms with E-state index in [-0.39, 0.29) is 5.91 Å². The van der Waals surface area contributed by atoms with Gasteiger partial charge >= 0.3 is 0 Å². The summed E-state index contributed by atoms with van der Waals surface area (Å²) < 4.78 is 12.1. The van der Waals surface area contributed by atoms with Crippen LogP contribution in [0.25, 0.3) is 21.1 Å². The molecule has 0 unspecified atom stereocenters. The van der Waals surface area contributed by atoms with Crippen LogP contribution >= 0.6 is 11.3 Å². The van der Waals surface area contributed by atoms with Crippen LogP contribution in [0, 0.1) is 0 Å². The van der Waals surface area contributed by atoms with Crippen LogP contribution in [0.1, 0.15) is 10.5 Å². The quantitative estimate of drug-likeness (QED) is 0.578. The Labute approximate surface area is 145 Å². The summed E-state index contributed by atoms with van der Waals surface area (Å²) in [6.07, 6.45) is 0. The van der Waals surface area contributed by atoms with Gasteiger partial charge in [0, 0.05) is 17.5 Å². The first-order chi connectivity index (χ1) is 12.3. The van der Waals surface area contributed by atoms with Gasteiger partial charge in [-0.15, -0.1) is 0 Å². The van der Waals surface area contributed by atoms with Gasteiger partial charge in [0.2, 0.25) is 0 Å². The fraction of sp³-hybridized carbons (Fsp3) is 0.118. The summed E-state index contributed by atoms with van der Waals surface area (Å²) >= 11 is 1.38. The highest BCUT2D eigenvalue weighted by Crippen LogP contribution is 2.37. The Morgan fingerprint density at radius 2 is 1.96 bits per heavy atom. The van der Waals surface area contributed by atoms with Crippen molar-refractivity contribution in [3.63, 3.8) is 0 Å². The normalized spacial score (nSPS) is 13.3. The molecule has 1 aliphatic rings. The summed E-state index contributed by atoms with van der Waals surface area (Å²) in [6, 6.07) is 11.2. The number of rotatable bonds is 2.